The van der Waals surface area contributed by atoms with E-state index in [1.165, 1.54) is 0 Å². The number of piperazine rings is 1. The van der Waals surface area contributed by atoms with Gasteiger partial charge in [0.2, 0.25) is 5.91 Å². The van der Waals surface area contributed by atoms with Crippen molar-refractivity contribution < 1.29 is 14.3 Å². The van der Waals surface area contributed by atoms with Gasteiger partial charge < -0.3 is 14.5 Å². The monoisotopic (exact) mass is 330 g/mol. The lowest BCUT2D eigenvalue weighted by Crippen LogP contribution is -2.60. The lowest BCUT2D eigenvalue weighted by molar-refractivity contribution is -0.137. The second-order valence-electron chi connectivity index (χ2n) is 6.84. The van der Waals surface area contributed by atoms with Crippen molar-refractivity contribution in [1.29, 1.82) is 0 Å². The minimum atomic E-state index is -0.495. The van der Waals surface area contributed by atoms with E-state index in [0.717, 1.165) is 12.2 Å². The first-order valence-electron chi connectivity index (χ1n) is 7.95. The third-order valence-corrected chi connectivity index (χ3v) is 4.65. The van der Waals surface area contributed by atoms with Crippen LogP contribution in [0.2, 0.25) is 0 Å². The van der Waals surface area contributed by atoms with E-state index in [9.17, 15) is 9.59 Å². The summed E-state index contributed by atoms with van der Waals surface area (Å²) in [5.41, 5.74) is -0.495. The van der Waals surface area contributed by atoms with E-state index < -0.39 is 5.60 Å². The molecule has 2 atom stereocenters. The molecule has 2 unspecified atom stereocenters. The maximum Gasteiger partial charge on any atom is 0.410 e. The van der Waals surface area contributed by atoms with Gasteiger partial charge >= 0.3 is 6.09 Å². The van der Waals surface area contributed by atoms with E-state index in [0.29, 0.717) is 19.5 Å². The first kappa shape index (κ1) is 19.1. The van der Waals surface area contributed by atoms with Gasteiger partial charge in [-0.2, -0.15) is 11.8 Å². The molecule has 0 aliphatic carbocycles. The quantitative estimate of drug-likeness (QED) is 0.744. The first-order valence-corrected chi connectivity index (χ1v) is 9.34. The van der Waals surface area contributed by atoms with Gasteiger partial charge in [-0.3, -0.25) is 4.79 Å². The molecular weight excluding hydrogens is 300 g/mol. The minimum Gasteiger partial charge on any atom is -0.444 e. The number of rotatable bonds is 4. The Bertz CT molecular complexity index is 395. The van der Waals surface area contributed by atoms with Gasteiger partial charge in [-0.1, -0.05) is 0 Å². The second kappa shape index (κ2) is 8.09. The molecule has 0 spiro atoms. The third-order valence-electron chi connectivity index (χ3n) is 3.95. The fourth-order valence-corrected chi connectivity index (χ4v) is 3.02. The van der Waals surface area contributed by atoms with Crippen LogP contribution < -0.4 is 0 Å². The number of carbonyl (C=O) groups excluding carboxylic acids is 2. The molecule has 1 saturated heterocycles. The molecule has 1 aliphatic rings. The van der Waals surface area contributed by atoms with Crippen LogP contribution in [0.15, 0.2) is 0 Å². The predicted octanol–water partition coefficient (Wildman–Crippen LogP) is 2.99. The summed E-state index contributed by atoms with van der Waals surface area (Å²) < 4.78 is 5.45. The number of carbonyl (C=O) groups is 2. The van der Waals surface area contributed by atoms with Crippen LogP contribution in [0, 0.1) is 0 Å². The average molecular weight is 330 g/mol. The van der Waals surface area contributed by atoms with Gasteiger partial charge in [-0.25, -0.2) is 4.79 Å². The molecule has 5 nitrogen and oxygen atoms in total. The van der Waals surface area contributed by atoms with E-state index in [-0.39, 0.29) is 24.1 Å². The van der Waals surface area contributed by atoms with Crippen LogP contribution in [-0.2, 0) is 9.53 Å². The van der Waals surface area contributed by atoms with Crippen LogP contribution in [0.4, 0.5) is 4.79 Å². The lowest BCUT2D eigenvalue weighted by Gasteiger charge is -2.45. The second-order valence-corrected chi connectivity index (χ2v) is 7.82. The fraction of sp³-hybridized carbons (Fsp3) is 0.875. The molecule has 0 aromatic heterocycles. The zero-order chi connectivity index (χ0) is 16.9. The van der Waals surface area contributed by atoms with Crippen molar-refractivity contribution in [1.82, 2.24) is 9.80 Å². The highest BCUT2D eigenvalue weighted by Gasteiger charge is 2.37. The van der Waals surface area contributed by atoms with E-state index in [4.69, 9.17) is 4.74 Å². The molecule has 0 aromatic rings. The van der Waals surface area contributed by atoms with Gasteiger partial charge in [0, 0.05) is 25.6 Å². The molecule has 1 aliphatic heterocycles. The Hall–Kier alpha value is -0.910. The van der Waals surface area contributed by atoms with Gasteiger partial charge in [0.25, 0.3) is 0 Å². The minimum absolute atomic E-state index is 0.0167. The van der Waals surface area contributed by atoms with Gasteiger partial charge in [0.1, 0.15) is 5.60 Å². The topological polar surface area (TPSA) is 49.9 Å². The van der Waals surface area contributed by atoms with Crippen molar-refractivity contribution in [2.45, 2.75) is 65.1 Å². The average Bonchev–Trinajstić information content (AvgIpc) is 2.39. The molecule has 128 valence electrons. The van der Waals surface area contributed by atoms with Crippen LogP contribution in [0.5, 0.6) is 0 Å². The van der Waals surface area contributed by atoms with Crippen molar-refractivity contribution in [3.8, 4) is 0 Å². The molecule has 6 heteroatoms. The van der Waals surface area contributed by atoms with E-state index in [1.807, 2.05) is 39.5 Å². The molecule has 0 aromatic carbocycles. The number of ether oxygens (including phenoxy) is 1. The zero-order valence-corrected chi connectivity index (χ0v) is 15.5. The molecule has 1 heterocycles. The number of nitrogens with zero attached hydrogens (tertiary/aromatic N) is 2. The molecule has 1 rings (SSSR count). The van der Waals surface area contributed by atoms with Gasteiger partial charge in [-0.15, -0.1) is 0 Å². The van der Waals surface area contributed by atoms with Crippen LogP contribution in [0.3, 0.4) is 0 Å². The van der Waals surface area contributed by atoms with Crippen molar-refractivity contribution in [3.63, 3.8) is 0 Å². The standard InChI is InChI=1S/C16H30N2O3S/c1-12-13(2)18(15(20)21-16(3,4)5)10-9-17(12)14(19)8-7-11-22-6/h12-13H,7-11H2,1-6H3. The maximum absolute atomic E-state index is 12.3. The van der Waals surface area contributed by atoms with Crippen molar-refractivity contribution in [3.05, 3.63) is 0 Å². The molecule has 0 saturated carbocycles. The fourth-order valence-electron chi connectivity index (χ4n) is 2.58. The van der Waals surface area contributed by atoms with Gasteiger partial charge in [-0.05, 0) is 53.0 Å². The summed E-state index contributed by atoms with van der Waals surface area (Å²) in [7, 11) is 0. The summed E-state index contributed by atoms with van der Waals surface area (Å²) in [4.78, 5) is 28.2. The molecule has 1 fully saturated rings. The highest BCUT2D eigenvalue weighted by molar-refractivity contribution is 7.98. The summed E-state index contributed by atoms with van der Waals surface area (Å²) in [5.74, 6) is 1.20. The number of thioether (sulfide) groups is 1. The number of hydrogen-bond donors (Lipinski definition) is 0. The van der Waals surface area contributed by atoms with Gasteiger partial charge in [0.05, 0.1) is 6.04 Å². The highest BCUT2D eigenvalue weighted by Crippen LogP contribution is 2.21. The Labute approximate surface area is 138 Å². The van der Waals surface area contributed by atoms with E-state index in [1.54, 1.807) is 16.7 Å². The summed E-state index contributed by atoms with van der Waals surface area (Å²) in [5, 5.41) is 0. The Morgan fingerprint density at radius 1 is 1.14 bits per heavy atom. The largest absolute Gasteiger partial charge is 0.444 e. The predicted molar refractivity (Wildman–Crippen MR) is 91.2 cm³/mol. The first-order chi connectivity index (χ1) is 10.2. The van der Waals surface area contributed by atoms with Crippen LogP contribution in [0.1, 0.15) is 47.5 Å². The van der Waals surface area contributed by atoms with Crippen LogP contribution in [-0.4, -0.2) is 64.6 Å². The third kappa shape index (κ3) is 5.38. The Morgan fingerprint density at radius 3 is 2.23 bits per heavy atom. The van der Waals surface area contributed by atoms with Crippen molar-refractivity contribution in [2.24, 2.45) is 0 Å². The van der Waals surface area contributed by atoms with Crippen molar-refractivity contribution in [2.75, 3.05) is 25.1 Å². The van der Waals surface area contributed by atoms with Crippen molar-refractivity contribution >= 4 is 23.8 Å². The Kier molecular flexibility index (Phi) is 7.03. The molecule has 22 heavy (non-hydrogen) atoms. The number of hydrogen-bond acceptors (Lipinski definition) is 4. The summed E-state index contributed by atoms with van der Waals surface area (Å²) in [6.07, 6.45) is 3.26. The lowest BCUT2D eigenvalue weighted by atomic mass is 10.0. The van der Waals surface area contributed by atoms with Crippen LogP contribution >= 0.6 is 11.8 Å². The maximum atomic E-state index is 12.3. The van der Waals surface area contributed by atoms with E-state index in [2.05, 4.69) is 6.26 Å². The Balaban J connectivity index is 2.61. The Morgan fingerprint density at radius 2 is 1.68 bits per heavy atom. The number of amides is 2. The molecule has 0 N–H and O–H groups in total. The molecule has 2 amide bonds. The SMILES string of the molecule is CSCCCC(=O)N1CCN(C(=O)OC(C)(C)C)C(C)C1C. The summed E-state index contributed by atoms with van der Waals surface area (Å²) in [6, 6.07) is -0.0175. The van der Waals surface area contributed by atoms with Crippen LogP contribution in [0.25, 0.3) is 0 Å². The normalized spacial score (nSPS) is 22.6. The van der Waals surface area contributed by atoms with Gasteiger partial charge in [0.15, 0.2) is 0 Å². The highest BCUT2D eigenvalue weighted by atomic mass is 32.2. The molecular formula is C16H30N2O3S. The summed E-state index contributed by atoms with van der Waals surface area (Å²) >= 11 is 1.76. The molecule has 0 bridgehead atoms. The zero-order valence-electron chi connectivity index (χ0n) is 14.7. The summed E-state index contributed by atoms with van der Waals surface area (Å²) in [6.45, 7) is 10.7. The smallest absolute Gasteiger partial charge is 0.410 e. The molecule has 0 radical (unpaired) electrons. The van der Waals surface area contributed by atoms with E-state index >= 15 is 0 Å².